The van der Waals surface area contributed by atoms with Gasteiger partial charge in [-0.1, -0.05) is 24.3 Å². The maximum atomic E-state index is 5.36. The number of nitrogens with one attached hydrogen (secondary N) is 1. The average molecular weight is 211 g/mol. The van der Waals surface area contributed by atoms with E-state index in [4.69, 9.17) is 4.74 Å². The van der Waals surface area contributed by atoms with Gasteiger partial charge in [0.25, 0.3) is 0 Å². The minimum atomic E-state index is 0.895. The average Bonchev–Trinajstić information content (AvgIpc) is 2.65. The van der Waals surface area contributed by atoms with Gasteiger partial charge >= 0.3 is 0 Å². The van der Waals surface area contributed by atoms with E-state index in [1.54, 1.807) is 7.11 Å². The quantitative estimate of drug-likeness (QED) is 0.653. The largest absolute Gasteiger partial charge is 0.495 e. The number of ether oxygens (including phenoxy) is 1. The molecule has 0 aliphatic heterocycles. The predicted molar refractivity (Wildman–Crippen MR) is 67.1 cm³/mol. The first-order chi connectivity index (χ1) is 7.79. The van der Waals surface area contributed by atoms with Gasteiger partial charge in [-0.15, -0.1) is 0 Å². The Balaban J connectivity index is 2.49. The van der Waals surface area contributed by atoms with Crippen LogP contribution in [0.3, 0.4) is 0 Å². The first kappa shape index (κ1) is 9.28. The second kappa shape index (κ2) is 3.27. The summed E-state index contributed by atoms with van der Waals surface area (Å²) in [6.45, 7) is 2.10. The molecule has 1 N–H and O–H groups in total. The van der Waals surface area contributed by atoms with Crippen LogP contribution < -0.4 is 4.74 Å². The Labute approximate surface area is 93.8 Å². The van der Waals surface area contributed by atoms with Crippen LogP contribution in [-0.4, -0.2) is 12.1 Å². The Kier molecular flexibility index (Phi) is 1.90. The summed E-state index contributed by atoms with van der Waals surface area (Å²) in [5.41, 5.74) is 3.50. The van der Waals surface area contributed by atoms with Crippen molar-refractivity contribution in [1.82, 2.24) is 4.98 Å². The number of aromatic nitrogens is 1. The Morgan fingerprint density at radius 2 is 1.94 bits per heavy atom. The molecule has 80 valence electrons. The Morgan fingerprint density at radius 3 is 2.75 bits per heavy atom. The lowest BCUT2D eigenvalue weighted by Crippen LogP contribution is -1.82. The van der Waals surface area contributed by atoms with E-state index in [1.165, 1.54) is 21.9 Å². The lowest BCUT2D eigenvalue weighted by Gasteiger charge is -1.99. The number of hydrogen-bond acceptors (Lipinski definition) is 1. The molecule has 0 aliphatic rings. The first-order valence-electron chi connectivity index (χ1n) is 5.34. The van der Waals surface area contributed by atoms with Gasteiger partial charge in [0.05, 0.1) is 12.6 Å². The first-order valence-corrected chi connectivity index (χ1v) is 5.34. The van der Waals surface area contributed by atoms with Gasteiger partial charge in [-0.05, 0) is 24.6 Å². The zero-order chi connectivity index (χ0) is 11.1. The zero-order valence-corrected chi connectivity index (χ0v) is 9.37. The Morgan fingerprint density at radius 1 is 1.06 bits per heavy atom. The van der Waals surface area contributed by atoms with Gasteiger partial charge in [0, 0.05) is 16.3 Å². The monoisotopic (exact) mass is 211 g/mol. The number of aryl methyl sites for hydroxylation is 1. The fourth-order valence-electron chi connectivity index (χ4n) is 2.19. The number of aromatic amines is 1. The highest BCUT2D eigenvalue weighted by molar-refractivity contribution is 6.09. The summed E-state index contributed by atoms with van der Waals surface area (Å²) in [7, 11) is 1.70. The minimum Gasteiger partial charge on any atom is -0.495 e. The highest BCUT2D eigenvalue weighted by Crippen LogP contribution is 2.31. The molecule has 0 saturated heterocycles. The third-order valence-corrected chi connectivity index (χ3v) is 2.97. The van der Waals surface area contributed by atoms with E-state index in [1.807, 2.05) is 12.1 Å². The minimum absolute atomic E-state index is 0.895. The van der Waals surface area contributed by atoms with Crippen molar-refractivity contribution in [3.63, 3.8) is 0 Å². The van der Waals surface area contributed by atoms with Crippen molar-refractivity contribution in [2.24, 2.45) is 0 Å². The third kappa shape index (κ3) is 1.20. The summed E-state index contributed by atoms with van der Waals surface area (Å²) in [6.07, 6.45) is 0. The SMILES string of the molecule is COc1cccc2c1[nH]c1cc(C)ccc12. The van der Waals surface area contributed by atoms with Gasteiger partial charge in [0.1, 0.15) is 5.75 Å². The van der Waals surface area contributed by atoms with Gasteiger partial charge in [-0.25, -0.2) is 0 Å². The van der Waals surface area contributed by atoms with Crippen molar-refractivity contribution in [2.45, 2.75) is 6.92 Å². The number of methoxy groups -OCH3 is 1. The molecule has 3 aromatic rings. The maximum Gasteiger partial charge on any atom is 0.142 e. The molecule has 0 aliphatic carbocycles. The van der Waals surface area contributed by atoms with E-state index in [0.717, 1.165) is 11.3 Å². The highest BCUT2D eigenvalue weighted by atomic mass is 16.5. The summed E-state index contributed by atoms with van der Waals surface area (Å²) < 4.78 is 5.36. The van der Waals surface area contributed by atoms with E-state index >= 15 is 0 Å². The van der Waals surface area contributed by atoms with Gasteiger partial charge in [-0.2, -0.15) is 0 Å². The molecule has 0 saturated carbocycles. The molecule has 0 bridgehead atoms. The number of benzene rings is 2. The van der Waals surface area contributed by atoms with Gasteiger partial charge in [-0.3, -0.25) is 0 Å². The summed E-state index contributed by atoms with van der Waals surface area (Å²) in [5, 5.41) is 2.47. The summed E-state index contributed by atoms with van der Waals surface area (Å²) >= 11 is 0. The molecule has 0 unspecified atom stereocenters. The second-order valence-electron chi connectivity index (χ2n) is 4.06. The molecule has 0 fully saturated rings. The van der Waals surface area contributed by atoms with Crippen molar-refractivity contribution in [3.05, 3.63) is 42.0 Å². The normalized spacial score (nSPS) is 11.1. The van der Waals surface area contributed by atoms with Crippen molar-refractivity contribution >= 4 is 21.8 Å². The summed E-state index contributed by atoms with van der Waals surface area (Å²) in [5.74, 6) is 0.895. The molecule has 2 heteroatoms. The van der Waals surface area contributed by atoms with Crippen molar-refractivity contribution in [2.75, 3.05) is 7.11 Å². The van der Waals surface area contributed by atoms with E-state index in [9.17, 15) is 0 Å². The molecule has 0 radical (unpaired) electrons. The van der Waals surface area contributed by atoms with Crippen LogP contribution in [0.2, 0.25) is 0 Å². The van der Waals surface area contributed by atoms with Crippen LogP contribution in [0.4, 0.5) is 0 Å². The molecule has 0 amide bonds. The molecule has 0 atom stereocenters. The van der Waals surface area contributed by atoms with E-state index in [0.29, 0.717) is 0 Å². The van der Waals surface area contributed by atoms with Crippen LogP contribution in [-0.2, 0) is 0 Å². The zero-order valence-electron chi connectivity index (χ0n) is 9.37. The van der Waals surface area contributed by atoms with E-state index < -0.39 is 0 Å². The van der Waals surface area contributed by atoms with Crippen molar-refractivity contribution in [3.8, 4) is 5.75 Å². The van der Waals surface area contributed by atoms with Gasteiger partial charge in [0.15, 0.2) is 0 Å². The Bertz CT molecular complexity index is 667. The lowest BCUT2D eigenvalue weighted by molar-refractivity contribution is 0.419. The fourth-order valence-corrected chi connectivity index (χ4v) is 2.19. The van der Waals surface area contributed by atoms with Crippen LogP contribution in [0.1, 0.15) is 5.56 Å². The summed E-state index contributed by atoms with van der Waals surface area (Å²) in [4.78, 5) is 3.41. The molecule has 0 spiro atoms. The lowest BCUT2D eigenvalue weighted by atomic mass is 10.1. The topological polar surface area (TPSA) is 25.0 Å². The molecule has 2 aromatic carbocycles. The maximum absolute atomic E-state index is 5.36. The van der Waals surface area contributed by atoms with Crippen LogP contribution in [0.15, 0.2) is 36.4 Å². The van der Waals surface area contributed by atoms with E-state index in [2.05, 4.69) is 36.2 Å². The van der Waals surface area contributed by atoms with Crippen LogP contribution >= 0.6 is 0 Å². The highest BCUT2D eigenvalue weighted by Gasteiger charge is 2.07. The van der Waals surface area contributed by atoms with E-state index in [-0.39, 0.29) is 0 Å². The molecule has 2 nitrogen and oxygen atoms in total. The molecule has 1 heterocycles. The molecule has 1 aromatic heterocycles. The molecule has 16 heavy (non-hydrogen) atoms. The number of para-hydroxylation sites is 1. The number of H-pyrrole nitrogens is 1. The van der Waals surface area contributed by atoms with Gasteiger partial charge < -0.3 is 9.72 Å². The standard InChI is InChI=1S/C14H13NO/c1-9-6-7-10-11-4-3-5-13(16-2)14(11)15-12(10)8-9/h3-8,15H,1-2H3. The molecular weight excluding hydrogens is 198 g/mol. The molecule has 3 rings (SSSR count). The smallest absolute Gasteiger partial charge is 0.142 e. The van der Waals surface area contributed by atoms with Crippen LogP contribution in [0, 0.1) is 6.92 Å². The second-order valence-corrected chi connectivity index (χ2v) is 4.06. The van der Waals surface area contributed by atoms with Gasteiger partial charge in [0.2, 0.25) is 0 Å². The van der Waals surface area contributed by atoms with Crippen molar-refractivity contribution < 1.29 is 4.74 Å². The predicted octanol–water partition coefficient (Wildman–Crippen LogP) is 3.64. The summed E-state index contributed by atoms with van der Waals surface area (Å²) in [6, 6.07) is 12.6. The number of hydrogen-bond donors (Lipinski definition) is 1. The third-order valence-electron chi connectivity index (χ3n) is 2.97. The number of fused-ring (bicyclic) bond motifs is 3. The molecular formula is C14H13NO. The number of rotatable bonds is 1. The van der Waals surface area contributed by atoms with Crippen LogP contribution in [0.5, 0.6) is 5.75 Å². The van der Waals surface area contributed by atoms with Crippen molar-refractivity contribution in [1.29, 1.82) is 0 Å². The fraction of sp³-hybridized carbons (Fsp3) is 0.143. The van der Waals surface area contributed by atoms with Crippen LogP contribution in [0.25, 0.3) is 21.8 Å². The Hall–Kier alpha value is -1.96.